The van der Waals surface area contributed by atoms with Gasteiger partial charge in [0.1, 0.15) is 5.82 Å². The highest BCUT2D eigenvalue weighted by molar-refractivity contribution is 6.31. The summed E-state index contributed by atoms with van der Waals surface area (Å²) in [6.07, 6.45) is 0.499. The zero-order chi connectivity index (χ0) is 14.7. The Labute approximate surface area is 122 Å². The van der Waals surface area contributed by atoms with E-state index in [1.807, 2.05) is 26.0 Å². The van der Waals surface area contributed by atoms with Gasteiger partial charge < -0.3 is 0 Å². The zero-order valence-electron chi connectivity index (χ0n) is 11.5. The molecule has 1 unspecified atom stereocenters. The van der Waals surface area contributed by atoms with Crippen LogP contribution in [0.3, 0.4) is 0 Å². The monoisotopic (exact) mass is 293 g/mol. The largest absolute Gasteiger partial charge is 0.271 e. The number of hydrogen-bond acceptors (Lipinski definition) is 3. The molecule has 3 N–H and O–H groups in total. The topological polar surface area (TPSA) is 50.9 Å². The van der Waals surface area contributed by atoms with E-state index >= 15 is 0 Å². The lowest BCUT2D eigenvalue weighted by Crippen LogP contribution is -2.30. The summed E-state index contributed by atoms with van der Waals surface area (Å²) in [5.41, 5.74) is 6.31. The first kappa shape index (κ1) is 14.9. The van der Waals surface area contributed by atoms with Gasteiger partial charge in [-0.15, -0.1) is 0 Å². The van der Waals surface area contributed by atoms with Gasteiger partial charge in [-0.25, -0.2) is 4.39 Å². The van der Waals surface area contributed by atoms with Crippen LogP contribution in [0, 0.1) is 19.7 Å². The predicted molar refractivity (Wildman–Crippen MR) is 78.9 cm³/mol. The van der Waals surface area contributed by atoms with Gasteiger partial charge in [0.05, 0.1) is 6.04 Å². The van der Waals surface area contributed by atoms with Crippen molar-refractivity contribution in [2.75, 3.05) is 0 Å². The molecule has 0 amide bonds. The van der Waals surface area contributed by atoms with Gasteiger partial charge in [-0.05, 0) is 55.7 Å². The van der Waals surface area contributed by atoms with Gasteiger partial charge in [-0.2, -0.15) is 0 Å². The van der Waals surface area contributed by atoms with Crippen LogP contribution in [0.1, 0.15) is 28.6 Å². The molecule has 0 radical (unpaired) electrons. The van der Waals surface area contributed by atoms with E-state index in [9.17, 15) is 4.39 Å². The first-order valence-electron chi connectivity index (χ1n) is 6.35. The quantitative estimate of drug-likeness (QED) is 0.672. The number of halogens is 2. The van der Waals surface area contributed by atoms with E-state index in [1.54, 1.807) is 6.07 Å². The van der Waals surface area contributed by atoms with E-state index in [4.69, 9.17) is 17.4 Å². The molecule has 2 aromatic rings. The SMILES string of the molecule is Cc1ccc(C(Cc2cc(F)ccc2Cl)NN)c(C)n1. The minimum absolute atomic E-state index is 0.164. The Hall–Kier alpha value is -1.49. The summed E-state index contributed by atoms with van der Waals surface area (Å²) in [5, 5.41) is 0.532. The first-order valence-corrected chi connectivity index (χ1v) is 6.73. The van der Waals surface area contributed by atoms with Crippen LogP contribution in [0.2, 0.25) is 5.02 Å². The molecule has 5 heteroatoms. The fourth-order valence-corrected chi connectivity index (χ4v) is 2.44. The zero-order valence-corrected chi connectivity index (χ0v) is 12.2. The third kappa shape index (κ3) is 3.33. The molecule has 0 aliphatic carbocycles. The van der Waals surface area contributed by atoms with Crippen LogP contribution in [-0.2, 0) is 6.42 Å². The third-order valence-corrected chi connectivity index (χ3v) is 3.64. The predicted octanol–water partition coefficient (Wildman–Crippen LogP) is 3.24. The molecule has 0 aliphatic rings. The van der Waals surface area contributed by atoms with E-state index < -0.39 is 0 Å². The van der Waals surface area contributed by atoms with Crippen molar-refractivity contribution >= 4 is 11.6 Å². The van der Waals surface area contributed by atoms with Crippen molar-refractivity contribution in [3.05, 3.63) is 63.7 Å². The van der Waals surface area contributed by atoms with E-state index in [2.05, 4.69) is 10.4 Å². The van der Waals surface area contributed by atoms with Crippen molar-refractivity contribution in [3.8, 4) is 0 Å². The Morgan fingerprint density at radius 3 is 2.70 bits per heavy atom. The van der Waals surface area contributed by atoms with Crippen LogP contribution in [0.25, 0.3) is 0 Å². The highest BCUT2D eigenvalue weighted by Gasteiger charge is 2.16. The Morgan fingerprint density at radius 1 is 1.30 bits per heavy atom. The summed E-state index contributed by atoms with van der Waals surface area (Å²) in [4.78, 5) is 4.42. The fourth-order valence-electron chi connectivity index (χ4n) is 2.24. The summed E-state index contributed by atoms with van der Waals surface area (Å²) < 4.78 is 13.3. The second kappa shape index (κ2) is 6.31. The van der Waals surface area contributed by atoms with Gasteiger partial charge in [0.2, 0.25) is 0 Å². The number of pyridine rings is 1. The molecule has 0 fully saturated rings. The van der Waals surface area contributed by atoms with Crippen molar-refractivity contribution in [2.24, 2.45) is 5.84 Å². The number of aromatic nitrogens is 1. The number of nitrogens with one attached hydrogen (secondary N) is 1. The lowest BCUT2D eigenvalue weighted by Gasteiger charge is -2.19. The highest BCUT2D eigenvalue weighted by Crippen LogP contribution is 2.25. The van der Waals surface area contributed by atoms with Crippen molar-refractivity contribution in [2.45, 2.75) is 26.3 Å². The van der Waals surface area contributed by atoms with Crippen LogP contribution in [-0.4, -0.2) is 4.98 Å². The molecule has 106 valence electrons. The maximum Gasteiger partial charge on any atom is 0.123 e. The molecule has 1 aromatic carbocycles. The van der Waals surface area contributed by atoms with E-state index in [-0.39, 0.29) is 11.9 Å². The Balaban J connectivity index is 2.31. The molecule has 0 spiro atoms. The van der Waals surface area contributed by atoms with Gasteiger partial charge in [-0.3, -0.25) is 16.3 Å². The second-order valence-electron chi connectivity index (χ2n) is 4.79. The number of rotatable bonds is 4. The number of hydrogen-bond donors (Lipinski definition) is 2. The van der Waals surface area contributed by atoms with Crippen LogP contribution < -0.4 is 11.3 Å². The van der Waals surface area contributed by atoms with E-state index in [1.165, 1.54) is 12.1 Å². The standard InChI is InChI=1S/C15H17ClFN3/c1-9-3-5-13(10(2)19-9)15(20-18)8-11-7-12(17)4-6-14(11)16/h3-7,15,20H,8,18H2,1-2H3. The molecule has 3 nitrogen and oxygen atoms in total. The maximum atomic E-state index is 13.3. The summed E-state index contributed by atoms with van der Waals surface area (Å²) in [6.45, 7) is 3.87. The summed E-state index contributed by atoms with van der Waals surface area (Å²) in [6, 6.07) is 8.08. The smallest absolute Gasteiger partial charge is 0.123 e. The third-order valence-electron chi connectivity index (χ3n) is 3.27. The van der Waals surface area contributed by atoms with Crippen molar-refractivity contribution in [1.29, 1.82) is 0 Å². The second-order valence-corrected chi connectivity index (χ2v) is 5.19. The summed E-state index contributed by atoms with van der Waals surface area (Å²) in [5.74, 6) is 5.33. The summed E-state index contributed by atoms with van der Waals surface area (Å²) in [7, 11) is 0. The molecule has 0 saturated carbocycles. The van der Waals surface area contributed by atoms with Crippen LogP contribution in [0.15, 0.2) is 30.3 Å². The molecule has 0 bridgehead atoms. The number of hydrazine groups is 1. The average molecular weight is 294 g/mol. The van der Waals surface area contributed by atoms with E-state index in [0.717, 1.165) is 22.5 Å². The van der Waals surface area contributed by atoms with E-state index in [0.29, 0.717) is 11.4 Å². The first-order chi connectivity index (χ1) is 9.51. The molecule has 2 rings (SSSR count). The molecular weight excluding hydrogens is 277 g/mol. The number of nitrogens with two attached hydrogens (primary N) is 1. The minimum atomic E-state index is -0.307. The Kier molecular flexibility index (Phi) is 4.70. The van der Waals surface area contributed by atoms with Crippen molar-refractivity contribution in [1.82, 2.24) is 10.4 Å². The normalized spacial score (nSPS) is 12.4. The minimum Gasteiger partial charge on any atom is -0.271 e. The molecule has 1 heterocycles. The maximum absolute atomic E-state index is 13.3. The fraction of sp³-hybridized carbons (Fsp3) is 0.267. The lowest BCUT2D eigenvalue weighted by molar-refractivity contribution is 0.543. The van der Waals surface area contributed by atoms with Crippen molar-refractivity contribution < 1.29 is 4.39 Å². The Bertz CT molecular complexity index is 616. The van der Waals surface area contributed by atoms with Crippen molar-refractivity contribution in [3.63, 3.8) is 0 Å². The summed E-state index contributed by atoms with van der Waals surface area (Å²) >= 11 is 6.10. The Morgan fingerprint density at radius 2 is 2.05 bits per heavy atom. The van der Waals surface area contributed by atoms with Gasteiger partial charge in [0.15, 0.2) is 0 Å². The molecule has 1 aromatic heterocycles. The molecule has 20 heavy (non-hydrogen) atoms. The van der Waals surface area contributed by atoms with Gasteiger partial charge in [-0.1, -0.05) is 17.7 Å². The van der Waals surface area contributed by atoms with Gasteiger partial charge in [0, 0.05) is 16.4 Å². The van der Waals surface area contributed by atoms with Gasteiger partial charge in [0.25, 0.3) is 0 Å². The molecular formula is C15H17ClFN3. The number of aryl methyl sites for hydroxylation is 2. The van der Waals surface area contributed by atoms with Gasteiger partial charge >= 0.3 is 0 Å². The molecule has 0 aliphatic heterocycles. The molecule has 1 atom stereocenters. The lowest BCUT2D eigenvalue weighted by atomic mass is 9.98. The highest BCUT2D eigenvalue weighted by atomic mass is 35.5. The number of benzene rings is 1. The van der Waals surface area contributed by atoms with Crippen LogP contribution in [0.5, 0.6) is 0 Å². The van der Waals surface area contributed by atoms with Crippen LogP contribution in [0.4, 0.5) is 4.39 Å². The van der Waals surface area contributed by atoms with Crippen LogP contribution >= 0.6 is 11.6 Å². The number of nitrogens with zero attached hydrogens (tertiary/aromatic N) is 1. The average Bonchev–Trinajstić information content (AvgIpc) is 2.40. The molecule has 0 saturated heterocycles.